The summed E-state index contributed by atoms with van der Waals surface area (Å²) in [5, 5.41) is 0. The zero-order valence-corrected chi connectivity index (χ0v) is 5.84. The molecule has 0 saturated heterocycles. The van der Waals surface area contributed by atoms with E-state index in [1.165, 1.54) is 5.51 Å². The molecule has 3 nitrogen and oxygen atoms in total. The quantitative estimate of drug-likeness (QED) is 0.535. The number of fused-ring (bicyclic) bond motifs is 1. The van der Waals surface area contributed by atoms with Crippen LogP contribution < -0.4 is 0 Å². The first-order valence-electron chi connectivity index (χ1n) is 2.77. The van der Waals surface area contributed by atoms with Crippen molar-refractivity contribution in [3.8, 4) is 0 Å². The summed E-state index contributed by atoms with van der Waals surface area (Å²) in [6.07, 6.45) is 3.22. The van der Waals surface area contributed by atoms with Gasteiger partial charge in [0, 0.05) is 12.3 Å². The lowest BCUT2D eigenvalue weighted by atomic mass is 10.5. The van der Waals surface area contributed by atoms with Crippen LogP contribution in [-0.4, -0.2) is 14.5 Å². The molecule has 0 radical (unpaired) electrons. The Balaban J connectivity index is 2.93. The number of aromatic nitrogens is 2. The maximum atomic E-state index is 11.0. The molecular formula is C6H4N2OS. The molecule has 4 heteroatoms. The summed E-state index contributed by atoms with van der Waals surface area (Å²) < 4.78 is 11.8. The van der Waals surface area contributed by atoms with E-state index >= 15 is 0 Å². The fourth-order valence-electron chi connectivity index (χ4n) is 0.802. The van der Waals surface area contributed by atoms with Gasteiger partial charge in [0.05, 0.1) is 6.20 Å². The monoisotopic (exact) mass is 152 g/mol. The van der Waals surface area contributed by atoms with E-state index in [0.29, 0.717) is 0 Å². The second-order valence-electron chi connectivity index (χ2n) is 1.88. The summed E-state index contributed by atoms with van der Waals surface area (Å²) in [6, 6.07) is 1.72. The van der Waals surface area contributed by atoms with Gasteiger partial charge in [0.2, 0.25) is 10.2 Å². The molecule has 0 aliphatic carbocycles. The van der Waals surface area contributed by atoms with E-state index in [1.54, 1.807) is 18.5 Å². The molecule has 50 valence electrons. The van der Waals surface area contributed by atoms with Crippen LogP contribution in [0.15, 0.2) is 24.0 Å². The minimum atomic E-state index is -1.03. The Kier molecular flexibility index (Phi) is 1.15. The molecule has 10 heavy (non-hydrogen) atoms. The van der Waals surface area contributed by atoms with Gasteiger partial charge in [-0.2, -0.15) is 4.98 Å². The largest absolute Gasteiger partial charge is 0.589 e. The third kappa shape index (κ3) is 0.698. The highest BCUT2D eigenvalue weighted by Gasteiger charge is 2.03. The van der Waals surface area contributed by atoms with Crippen molar-refractivity contribution in [3.63, 3.8) is 0 Å². The molecular weight excluding hydrogens is 148 g/mol. The Hall–Kier alpha value is -1.00. The fourth-order valence-corrected chi connectivity index (χ4v) is 1.63. The summed E-state index contributed by atoms with van der Waals surface area (Å²) in [5.74, 6) is 0. The third-order valence-electron chi connectivity index (χ3n) is 1.27. The summed E-state index contributed by atoms with van der Waals surface area (Å²) in [6.45, 7) is 0. The van der Waals surface area contributed by atoms with Crippen LogP contribution in [0.25, 0.3) is 10.2 Å². The van der Waals surface area contributed by atoms with Crippen molar-refractivity contribution in [2.45, 2.75) is 0 Å². The summed E-state index contributed by atoms with van der Waals surface area (Å²) in [4.78, 5) is 7.74. The predicted octanol–water partition coefficient (Wildman–Crippen LogP) is 1.36. The fraction of sp³-hybridized carbons (Fsp3) is 0. The van der Waals surface area contributed by atoms with Gasteiger partial charge in [0.15, 0.2) is 0 Å². The van der Waals surface area contributed by atoms with Gasteiger partial charge in [-0.3, -0.25) is 4.98 Å². The highest BCUT2D eigenvalue weighted by molar-refractivity contribution is 7.29. The SMILES string of the molecule is [O-][s+]1cnc2cnccc21. The first kappa shape index (κ1) is 5.76. The van der Waals surface area contributed by atoms with Crippen LogP contribution >= 0.6 is 10.8 Å². The van der Waals surface area contributed by atoms with Crippen molar-refractivity contribution in [2.75, 3.05) is 0 Å². The predicted molar refractivity (Wildman–Crippen MR) is 38.2 cm³/mol. The van der Waals surface area contributed by atoms with Crippen molar-refractivity contribution < 1.29 is 4.55 Å². The van der Waals surface area contributed by atoms with Gasteiger partial charge in [0.1, 0.15) is 5.52 Å². The average molecular weight is 152 g/mol. The zero-order valence-electron chi connectivity index (χ0n) is 5.02. The Morgan fingerprint density at radius 1 is 1.50 bits per heavy atom. The molecule has 0 saturated carbocycles. The minimum Gasteiger partial charge on any atom is -0.589 e. The van der Waals surface area contributed by atoms with E-state index in [2.05, 4.69) is 9.97 Å². The van der Waals surface area contributed by atoms with E-state index in [0.717, 1.165) is 10.2 Å². The summed E-state index contributed by atoms with van der Waals surface area (Å²) in [7, 11) is -1.03. The van der Waals surface area contributed by atoms with E-state index in [-0.39, 0.29) is 0 Å². The smallest absolute Gasteiger partial charge is 0.229 e. The molecule has 0 aliphatic heterocycles. The number of nitrogens with zero attached hydrogens (tertiary/aromatic N) is 2. The molecule has 2 aromatic heterocycles. The van der Waals surface area contributed by atoms with Gasteiger partial charge in [-0.15, -0.1) is 0 Å². The van der Waals surface area contributed by atoms with E-state index < -0.39 is 10.8 Å². The van der Waals surface area contributed by atoms with Gasteiger partial charge < -0.3 is 4.55 Å². The Labute approximate surface area is 60.2 Å². The molecule has 1 atom stereocenters. The van der Waals surface area contributed by atoms with E-state index in [9.17, 15) is 4.55 Å². The van der Waals surface area contributed by atoms with Crippen LogP contribution in [0.3, 0.4) is 0 Å². The molecule has 1 unspecified atom stereocenters. The van der Waals surface area contributed by atoms with Gasteiger partial charge >= 0.3 is 0 Å². The van der Waals surface area contributed by atoms with Crippen LogP contribution in [0.2, 0.25) is 0 Å². The van der Waals surface area contributed by atoms with Crippen molar-refractivity contribution in [1.29, 1.82) is 0 Å². The third-order valence-corrected chi connectivity index (χ3v) is 2.34. The molecule has 0 spiro atoms. The maximum absolute atomic E-state index is 11.0. The van der Waals surface area contributed by atoms with Gasteiger partial charge in [-0.25, -0.2) is 0 Å². The number of thiazole rings is 1. The molecule has 0 amide bonds. The second-order valence-corrected chi connectivity index (χ2v) is 3.12. The van der Waals surface area contributed by atoms with Crippen LogP contribution in [0.5, 0.6) is 0 Å². The van der Waals surface area contributed by atoms with Crippen LogP contribution in [-0.2, 0) is 0 Å². The maximum Gasteiger partial charge on any atom is 0.229 e. The van der Waals surface area contributed by atoms with Gasteiger partial charge in [-0.1, -0.05) is 0 Å². The highest BCUT2D eigenvalue weighted by Crippen LogP contribution is 2.23. The first-order chi connectivity index (χ1) is 4.88. The molecule has 0 aliphatic rings. The standard InChI is InChI=1S/C6H4N2OS/c9-10-4-8-5-3-7-2-1-6(5)10/h1-4H. The number of pyridine rings is 1. The minimum absolute atomic E-state index is 0.723. The topological polar surface area (TPSA) is 48.8 Å². The Bertz CT molecular complexity index is 357. The molecule has 2 heterocycles. The Morgan fingerprint density at radius 3 is 3.20 bits per heavy atom. The second kappa shape index (κ2) is 2.00. The summed E-state index contributed by atoms with van der Waals surface area (Å²) in [5.41, 5.74) is 2.15. The lowest BCUT2D eigenvalue weighted by Gasteiger charge is -1.84. The highest BCUT2D eigenvalue weighted by atomic mass is 32.2. The molecule has 2 rings (SSSR count). The normalized spacial score (nSPS) is 12.3. The average Bonchev–Trinajstić information content (AvgIpc) is 2.34. The number of rotatable bonds is 0. The molecule has 0 N–H and O–H groups in total. The molecule has 2 aromatic rings. The number of hydrogen-bond acceptors (Lipinski definition) is 3. The van der Waals surface area contributed by atoms with Crippen molar-refractivity contribution >= 4 is 21.0 Å². The zero-order chi connectivity index (χ0) is 6.97. The van der Waals surface area contributed by atoms with Crippen molar-refractivity contribution in [2.24, 2.45) is 0 Å². The number of hydrogen-bond donors (Lipinski definition) is 0. The first-order valence-corrected chi connectivity index (χ1v) is 3.98. The van der Waals surface area contributed by atoms with Gasteiger partial charge in [0.25, 0.3) is 0 Å². The summed E-state index contributed by atoms with van der Waals surface area (Å²) >= 11 is 0. The Morgan fingerprint density at radius 2 is 2.40 bits per heavy atom. The lowest BCUT2D eigenvalue weighted by Crippen LogP contribution is -1.68. The molecule has 0 aromatic carbocycles. The van der Waals surface area contributed by atoms with E-state index in [4.69, 9.17) is 0 Å². The van der Waals surface area contributed by atoms with Crippen LogP contribution in [0, 0.1) is 0 Å². The van der Waals surface area contributed by atoms with Gasteiger partial charge in [-0.05, 0) is 10.8 Å². The van der Waals surface area contributed by atoms with E-state index in [1.807, 2.05) is 0 Å². The van der Waals surface area contributed by atoms with Crippen molar-refractivity contribution in [1.82, 2.24) is 9.97 Å². The van der Waals surface area contributed by atoms with Crippen molar-refractivity contribution in [3.05, 3.63) is 24.0 Å². The molecule has 0 bridgehead atoms. The lowest BCUT2D eigenvalue weighted by molar-refractivity contribution is 0.599. The molecule has 0 fully saturated rings. The van der Waals surface area contributed by atoms with Crippen LogP contribution in [0.4, 0.5) is 0 Å². The van der Waals surface area contributed by atoms with Crippen LogP contribution in [0.1, 0.15) is 0 Å².